The molecule has 0 aromatic carbocycles. The minimum Gasteiger partial charge on any atom is -0.376 e. The highest BCUT2D eigenvalue weighted by Gasteiger charge is 2.22. The zero-order valence-electron chi connectivity index (χ0n) is 11.1. The van der Waals surface area contributed by atoms with Gasteiger partial charge in [0.2, 0.25) is 0 Å². The lowest BCUT2D eigenvalue weighted by Crippen LogP contribution is -2.22. The van der Waals surface area contributed by atoms with Crippen molar-refractivity contribution in [2.24, 2.45) is 11.3 Å². The molecule has 0 rings (SSSR count). The van der Waals surface area contributed by atoms with Gasteiger partial charge in [-0.25, -0.2) is 0 Å². The molecule has 0 radical (unpaired) electrons. The molecule has 0 fully saturated rings. The third-order valence-corrected chi connectivity index (χ3v) is 3.26. The summed E-state index contributed by atoms with van der Waals surface area (Å²) < 4.78 is 5.73. The molecule has 1 nitrogen and oxygen atoms in total. The summed E-state index contributed by atoms with van der Waals surface area (Å²) in [6, 6.07) is 0. The van der Waals surface area contributed by atoms with Crippen LogP contribution in [0.15, 0.2) is 0 Å². The van der Waals surface area contributed by atoms with E-state index in [4.69, 9.17) is 4.74 Å². The van der Waals surface area contributed by atoms with Crippen LogP contribution in [0.1, 0.15) is 61.3 Å². The van der Waals surface area contributed by atoms with Crippen molar-refractivity contribution >= 4 is 0 Å². The molecule has 0 aliphatic rings. The summed E-state index contributed by atoms with van der Waals surface area (Å²) in [5.41, 5.74) is 0.439. The van der Waals surface area contributed by atoms with Crippen LogP contribution in [-0.4, -0.2) is 12.2 Å². The van der Waals surface area contributed by atoms with E-state index < -0.39 is 0 Å². The Labute approximate surface area is 90.2 Å². The number of hydrogen-bond donors (Lipinski definition) is 0. The highest BCUT2D eigenvalue weighted by Crippen LogP contribution is 2.32. The van der Waals surface area contributed by atoms with E-state index in [1.165, 1.54) is 12.8 Å². The summed E-state index contributed by atoms with van der Waals surface area (Å²) in [5, 5.41) is 0. The molecule has 86 valence electrons. The van der Waals surface area contributed by atoms with E-state index in [1.54, 1.807) is 0 Å². The Bertz CT molecular complexity index is 147. The molecule has 0 heterocycles. The van der Waals surface area contributed by atoms with Gasteiger partial charge in [-0.3, -0.25) is 0 Å². The van der Waals surface area contributed by atoms with Crippen molar-refractivity contribution in [3.05, 3.63) is 0 Å². The molecule has 0 aromatic heterocycles. The van der Waals surface area contributed by atoms with Crippen molar-refractivity contribution in [3.63, 3.8) is 0 Å². The molecule has 0 aromatic rings. The van der Waals surface area contributed by atoms with E-state index in [0.717, 1.165) is 5.92 Å². The van der Waals surface area contributed by atoms with Gasteiger partial charge in [0.05, 0.1) is 12.2 Å². The fourth-order valence-electron chi connectivity index (χ4n) is 1.40. The van der Waals surface area contributed by atoms with E-state index in [1.807, 2.05) is 0 Å². The Hall–Kier alpha value is -0.0400. The first-order chi connectivity index (χ1) is 6.25. The third kappa shape index (κ3) is 5.64. The second-order valence-electron chi connectivity index (χ2n) is 5.68. The van der Waals surface area contributed by atoms with Crippen LogP contribution in [0.4, 0.5) is 0 Å². The highest BCUT2D eigenvalue weighted by molar-refractivity contribution is 4.73. The van der Waals surface area contributed by atoms with Crippen LogP contribution < -0.4 is 0 Å². The summed E-state index contributed by atoms with van der Waals surface area (Å²) in [5.74, 6) is 0.744. The van der Waals surface area contributed by atoms with Crippen molar-refractivity contribution < 1.29 is 4.74 Å². The normalized spacial score (nSPS) is 15.2. The van der Waals surface area contributed by atoms with Crippen LogP contribution in [0, 0.1) is 11.3 Å². The molecule has 14 heavy (non-hydrogen) atoms. The zero-order valence-corrected chi connectivity index (χ0v) is 11.1. The average molecular weight is 200 g/mol. The van der Waals surface area contributed by atoms with Gasteiger partial charge in [-0.2, -0.15) is 0 Å². The van der Waals surface area contributed by atoms with E-state index in [0.29, 0.717) is 17.6 Å². The Morgan fingerprint density at radius 3 is 1.86 bits per heavy atom. The van der Waals surface area contributed by atoms with E-state index in [2.05, 4.69) is 48.5 Å². The van der Waals surface area contributed by atoms with Gasteiger partial charge in [-0.1, -0.05) is 27.7 Å². The van der Waals surface area contributed by atoms with Crippen molar-refractivity contribution in [1.29, 1.82) is 0 Å². The Kier molecular flexibility index (Phi) is 5.73. The van der Waals surface area contributed by atoms with Crippen LogP contribution >= 0.6 is 0 Å². The summed E-state index contributed by atoms with van der Waals surface area (Å²) in [6.45, 7) is 15.7. The number of ether oxygens (including phenoxy) is 1. The summed E-state index contributed by atoms with van der Waals surface area (Å²) in [7, 11) is 0. The van der Waals surface area contributed by atoms with Gasteiger partial charge in [0.1, 0.15) is 0 Å². The molecule has 0 aliphatic heterocycles. The highest BCUT2D eigenvalue weighted by atomic mass is 16.5. The predicted octanol–water partition coefficient (Wildman–Crippen LogP) is 4.26. The van der Waals surface area contributed by atoms with Crippen LogP contribution in [0.5, 0.6) is 0 Å². The number of hydrogen-bond acceptors (Lipinski definition) is 1. The summed E-state index contributed by atoms with van der Waals surface area (Å²) >= 11 is 0. The summed E-state index contributed by atoms with van der Waals surface area (Å²) in [6.07, 6.45) is 3.17. The van der Waals surface area contributed by atoms with Crippen LogP contribution in [0.25, 0.3) is 0 Å². The number of rotatable bonds is 6. The second kappa shape index (κ2) is 5.75. The molecule has 0 aliphatic carbocycles. The van der Waals surface area contributed by atoms with E-state index >= 15 is 0 Å². The quantitative estimate of drug-likeness (QED) is 0.622. The maximum absolute atomic E-state index is 5.73. The van der Waals surface area contributed by atoms with Crippen LogP contribution in [0.2, 0.25) is 0 Å². The van der Waals surface area contributed by atoms with Gasteiger partial charge in [0, 0.05) is 0 Å². The predicted molar refractivity (Wildman–Crippen MR) is 63.5 cm³/mol. The lowest BCUT2D eigenvalue weighted by molar-refractivity contribution is 0.00562. The van der Waals surface area contributed by atoms with E-state index in [9.17, 15) is 0 Å². The van der Waals surface area contributed by atoms with Crippen molar-refractivity contribution in [1.82, 2.24) is 0 Å². The maximum atomic E-state index is 5.73. The van der Waals surface area contributed by atoms with Crippen molar-refractivity contribution in [2.75, 3.05) is 0 Å². The van der Waals surface area contributed by atoms with Crippen molar-refractivity contribution in [3.8, 4) is 0 Å². The van der Waals surface area contributed by atoms with Gasteiger partial charge in [-0.15, -0.1) is 0 Å². The van der Waals surface area contributed by atoms with Gasteiger partial charge >= 0.3 is 0 Å². The monoisotopic (exact) mass is 200 g/mol. The van der Waals surface area contributed by atoms with Crippen molar-refractivity contribution in [2.45, 2.75) is 73.5 Å². The van der Waals surface area contributed by atoms with Gasteiger partial charge in [0.25, 0.3) is 0 Å². The van der Waals surface area contributed by atoms with Gasteiger partial charge in [-0.05, 0) is 44.9 Å². The topological polar surface area (TPSA) is 9.23 Å². The molecule has 0 N–H and O–H groups in total. The molecule has 0 saturated carbocycles. The maximum Gasteiger partial charge on any atom is 0.0550 e. The smallest absolute Gasteiger partial charge is 0.0550 e. The summed E-state index contributed by atoms with van der Waals surface area (Å²) in [4.78, 5) is 0. The molecule has 0 bridgehead atoms. The molecule has 0 amide bonds. The van der Waals surface area contributed by atoms with E-state index in [-0.39, 0.29) is 0 Å². The molecular formula is C13H28O. The molecule has 1 atom stereocenters. The second-order valence-corrected chi connectivity index (χ2v) is 5.68. The largest absolute Gasteiger partial charge is 0.376 e. The van der Waals surface area contributed by atoms with Crippen LogP contribution in [-0.2, 0) is 4.74 Å². The standard InChI is InChI=1S/C13H28O/c1-10(2)13(6,7)9-8-12(5)14-11(3)4/h10-12H,8-9H2,1-7H3/t12-/m1/s1. The van der Waals surface area contributed by atoms with Crippen LogP contribution in [0.3, 0.4) is 0 Å². The van der Waals surface area contributed by atoms with Gasteiger partial charge in [0.15, 0.2) is 0 Å². The lowest BCUT2D eigenvalue weighted by Gasteiger charge is -2.30. The first kappa shape index (κ1) is 14.0. The molecule has 0 spiro atoms. The lowest BCUT2D eigenvalue weighted by atomic mass is 9.77. The fraction of sp³-hybridized carbons (Fsp3) is 1.00. The molecular weight excluding hydrogens is 172 g/mol. The molecule has 1 heteroatoms. The Morgan fingerprint density at radius 2 is 1.50 bits per heavy atom. The fourth-order valence-corrected chi connectivity index (χ4v) is 1.40. The zero-order chi connectivity index (χ0) is 11.4. The molecule has 0 saturated heterocycles. The SMILES string of the molecule is CC(C)O[C@H](C)CCC(C)(C)C(C)C. The Balaban J connectivity index is 3.81. The average Bonchev–Trinajstić information content (AvgIpc) is 1.99. The minimum atomic E-state index is 0.354. The van der Waals surface area contributed by atoms with Gasteiger partial charge < -0.3 is 4.74 Å². The first-order valence-corrected chi connectivity index (χ1v) is 5.91. The molecule has 0 unspecified atom stereocenters. The Morgan fingerprint density at radius 1 is 1.00 bits per heavy atom. The minimum absolute atomic E-state index is 0.354. The third-order valence-electron chi connectivity index (χ3n) is 3.26. The first-order valence-electron chi connectivity index (χ1n) is 5.91.